The van der Waals surface area contributed by atoms with Crippen molar-refractivity contribution >= 4 is 0 Å². The molecule has 0 N–H and O–H groups in total. The summed E-state index contributed by atoms with van der Waals surface area (Å²) in [6.45, 7) is 31.2. The van der Waals surface area contributed by atoms with Gasteiger partial charge in [-0.05, 0) is 82.1 Å². The van der Waals surface area contributed by atoms with E-state index in [1.807, 2.05) is 0 Å². The molecule has 0 aromatic rings. The molecule has 47 heavy (non-hydrogen) atoms. The third-order valence-electron chi connectivity index (χ3n) is 10.3. The van der Waals surface area contributed by atoms with Crippen LogP contribution in [-0.2, 0) is 23.7 Å². The first kappa shape index (κ1) is 36.1. The van der Waals surface area contributed by atoms with Gasteiger partial charge in [0.05, 0.1) is 12.2 Å². The minimum absolute atomic E-state index is 0.0144. The van der Waals surface area contributed by atoms with E-state index in [9.17, 15) is 0 Å². The summed E-state index contributed by atoms with van der Waals surface area (Å²) < 4.78 is 33.9. The normalized spacial score (nSPS) is 28.0. The second-order valence-corrected chi connectivity index (χ2v) is 12.5. The Morgan fingerprint density at radius 2 is 0.723 bits per heavy atom. The van der Waals surface area contributed by atoms with Crippen LogP contribution in [0.25, 0.3) is 0 Å². The summed E-state index contributed by atoms with van der Waals surface area (Å²) in [7, 11) is 0. The topological polar surface area (TPSA) is 62.4 Å². The lowest BCUT2D eigenvalue weighted by Gasteiger charge is -2.58. The lowest BCUT2D eigenvalue weighted by molar-refractivity contribution is -0.0272. The zero-order valence-electron chi connectivity index (χ0n) is 31.1. The van der Waals surface area contributed by atoms with Crippen molar-refractivity contribution in [2.45, 2.75) is 113 Å². The van der Waals surface area contributed by atoms with Gasteiger partial charge in [-0.2, -0.15) is 0 Å². The highest BCUT2D eigenvalue weighted by Gasteiger charge is 2.55. The van der Waals surface area contributed by atoms with Gasteiger partial charge in [0.25, 0.3) is 0 Å². The van der Waals surface area contributed by atoms with Gasteiger partial charge in [-0.15, -0.1) is 0 Å². The largest absolute Gasteiger partial charge is 0.374 e. The molecule has 0 aliphatic carbocycles. The fourth-order valence-corrected chi connectivity index (χ4v) is 8.71. The summed E-state index contributed by atoms with van der Waals surface area (Å²) in [6, 6.07) is 0. The van der Waals surface area contributed by atoms with Gasteiger partial charge in [0.2, 0.25) is 0 Å². The molecule has 0 saturated carbocycles. The molecule has 5 aliphatic heterocycles. The first-order valence-corrected chi connectivity index (χ1v) is 18.8. The molecule has 0 spiro atoms. The van der Waals surface area contributed by atoms with E-state index in [1.165, 1.54) is 45.6 Å². The van der Waals surface area contributed by atoms with Crippen molar-refractivity contribution in [3.05, 3.63) is 45.6 Å². The molecule has 0 saturated heterocycles. The highest BCUT2D eigenvalue weighted by atomic mass is 16.5. The van der Waals surface area contributed by atoms with Gasteiger partial charge in [0.1, 0.15) is 41.6 Å². The van der Waals surface area contributed by atoms with Crippen LogP contribution in [0, 0.1) is 0 Å². The molecule has 5 aliphatic rings. The minimum Gasteiger partial charge on any atom is -0.374 e. The molecule has 10 heteroatoms. The minimum atomic E-state index is -0.328. The average Bonchev–Trinajstić information content (AvgIpc) is 3.08. The molecule has 266 valence electrons. The van der Waals surface area contributed by atoms with Gasteiger partial charge < -0.3 is 48.2 Å². The summed E-state index contributed by atoms with van der Waals surface area (Å²) >= 11 is 0. The number of rotatable bonds is 15. The fraction of sp³-hybridized carbons (Fsp3) is 0.784. The van der Waals surface area contributed by atoms with Gasteiger partial charge >= 0.3 is 0 Å². The van der Waals surface area contributed by atoms with E-state index in [0.717, 1.165) is 58.7 Å². The standard InChI is InChI=1S/C37H63N5O5/c1-11-38-23-21-25(43-16-6)27-31(45-18-8)29-33(47-20-10)30-32(46-19-9)28-26(44-17-7)22-24-39(12-2)35(28)41(14-4)37(30)42(15-5)36(29)40(13-3)34(27)38/h25-26,31-33H,11-24H2,1-10H3. The Balaban J connectivity index is 1.81. The van der Waals surface area contributed by atoms with Gasteiger partial charge in [-0.25, -0.2) is 0 Å². The van der Waals surface area contributed by atoms with Crippen molar-refractivity contribution in [3.8, 4) is 0 Å². The SMILES string of the molecule is CCOC1CCN(CC)C2=C1C(OCC)C1=C(N2CC)N(CC)C2=C(C(OCC)C3=C(N(CC)CCC3OCC)N2CC)C1OCC. The van der Waals surface area contributed by atoms with Crippen LogP contribution in [0.2, 0.25) is 0 Å². The highest BCUT2D eigenvalue weighted by molar-refractivity contribution is 5.54. The van der Waals surface area contributed by atoms with Crippen LogP contribution in [-0.4, -0.2) is 134 Å². The lowest BCUT2D eigenvalue weighted by Crippen LogP contribution is -2.60. The first-order valence-electron chi connectivity index (χ1n) is 18.8. The lowest BCUT2D eigenvalue weighted by atomic mass is 9.77. The molecule has 0 fully saturated rings. The summed E-state index contributed by atoms with van der Waals surface area (Å²) in [6.07, 6.45) is 0.989. The monoisotopic (exact) mass is 657 g/mol. The van der Waals surface area contributed by atoms with Crippen molar-refractivity contribution in [2.24, 2.45) is 0 Å². The zero-order chi connectivity index (χ0) is 33.8. The summed E-state index contributed by atoms with van der Waals surface area (Å²) in [5.41, 5.74) is 4.84. The first-order chi connectivity index (χ1) is 23.0. The van der Waals surface area contributed by atoms with Gasteiger partial charge in [0.15, 0.2) is 0 Å². The predicted molar refractivity (Wildman–Crippen MR) is 186 cm³/mol. The Hall–Kier alpha value is -2.24. The van der Waals surface area contributed by atoms with Crippen LogP contribution in [0.4, 0.5) is 0 Å². The van der Waals surface area contributed by atoms with E-state index in [1.54, 1.807) is 0 Å². The van der Waals surface area contributed by atoms with Crippen molar-refractivity contribution in [1.82, 2.24) is 24.5 Å². The maximum Gasteiger partial charge on any atom is 0.120 e. The van der Waals surface area contributed by atoms with Crippen molar-refractivity contribution < 1.29 is 23.7 Å². The van der Waals surface area contributed by atoms with E-state index in [2.05, 4.69) is 93.7 Å². The predicted octanol–water partition coefficient (Wildman–Crippen LogP) is 5.32. The van der Waals surface area contributed by atoms with Gasteiger partial charge in [-0.3, -0.25) is 0 Å². The molecule has 5 rings (SSSR count). The number of hydrogen-bond acceptors (Lipinski definition) is 10. The third kappa shape index (κ3) is 6.00. The Morgan fingerprint density at radius 3 is 1.02 bits per heavy atom. The van der Waals surface area contributed by atoms with Crippen molar-refractivity contribution in [1.29, 1.82) is 0 Å². The van der Waals surface area contributed by atoms with Crippen LogP contribution < -0.4 is 0 Å². The summed E-state index contributed by atoms with van der Waals surface area (Å²) in [5.74, 6) is 4.88. The van der Waals surface area contributed by atoms with E-state index in [0.29, 0.717) is 33.0 Å². The average molecular weight is 658 g/mol. The fourth-order valence-electron chi connectivity index (χ4n) is 8.71. The quantitative estimate of drug-likeness (QED) is 0.232. The van der Waals surface area contributed by atoms with Crippen LogP contribution in [0.3, 0.4) is 0 Å². The number of nitrogens with zero attached hydrogens (tertiary/aromatic N) is 5. The van der Waals surface area contributed by atoms with Crippen molar-refractivity contribution in [2.75, 3.05) is 78.8 Å². The second-order valence-electron chi connectivity index (χ2n) is 12.5. The maximum atomic E-state index is 7.00. The highest BCUT2D eigenvalue weighted by Crippen LogP contribution is 2.52. The molecule has 0 aromatic heterocycles. The molecule has 4 unspecified atom stereocenters. The summed E-state index contributed by atoms with van der Waals surface area (Å²) in [5, 5.41) is 0. The number of ether oxygens (including phenoxy) is 5. The Morgan fingerprint density at radius 1 is 0.404 bits per heavy atom. The Labute approximate surface area is 284 Å². The van der Waals surface area contributed by atoms with E-state index >= 15 is 0 Å². The molecule has 4 atom stereocenters. The number of hydrogen-bond donors (Lipinski definition) is 0. The van der Waals surface area contributed by atoms with Crippen LogP contribution in [0.15, 0.2) is 45.6 Å². The molecule has 0 radical (unpaired) electrons. The van der Waals surface area contributed by atoms with Crippen LogP contribution in [0.1, 0.15) is 82.1 Å². The van der Waals surface area contributed by atoms with Crippen LogP contribution >= 0.6 is 0 Å². The summed E-state index contributed by atoms with van der Waals surface area (Å²) in [4.78, 5) is 12.7. The molecular formula is C37H63N5O5. The third-order valence-corrected chi connectivity index (χ3v) is 10.3. The maximum absolute atomic E-state index is 7.00. The van der Waals surface area contributed by atoms with Crippen LogP contribution in [0.5, 0.6) is 0 Å². The second kappa shape index (κ2) is 16.0. The van der Waals surface area contributed by atoms with Crippen molar-refractivity contribution in [3.63, 3.8) is 0 Å². The Kier molecular flexibility index (Phi) is 12.3. The zero-order valence-corrected chi connectivity index (χ0v) is 31.1. The molecule has 10 nitrogen and oxygen atoms in total. The van der Waals surface area contributed by atoms with E-state index in [-0.39, 0.29) is 30.5 Å². The smallest absolute Gasteiger partial charge is 0.120 e. The molecule has 0 aromatic carbocycles. The van der Waals surface area contributed by atoms with E-state index in [4.69, 9.17) is 23.7 Å². The molecule has 0 amide bonds. The van der Waals surface area contributed by atoms with Gasteiger partial charge in [0, 0.05) is 101 Å². The molecular weight excluding hydrogens is 594 g/mol. The molecule has 0 bridgehead atoms. The van der Waals surface area contributed by atoms with Gasteiger partial charge in [-0.1, -0.05) is 0 Å². The molecule has 5 heterocycles. The van der Waals surface area contributed by atoms with E-state index < -0.39 is 0 Å². The Bertz CT molecular complexity index is 1140.